The van der Waals surface area contributed by atoms with Crippen molar-refractivity contribution in [3.05, 3.63) is 6.20 Å². The number of hydrogen-bond donors (Lipinski definition) is 1. The van der Waals surface area contributed by atoms with Crippen molar-refractivity contribution in [1.82, 2.24) is 14.1 Å². The van der Waals surface area contributed by atoms with E-state index in [1.807, 2.05) is 0 Å². The van der Waals surface area contributed by atoms with E-state index in [-0.39, 0.29) is 23.9 Å². The van der Waals surface area contributed by atoms with Gasteiger partial charge in [0.15, 0.2) is 5.82 Å². The largest absolute Gasteiger partial charge is 0.465 e. The molecule has 0 bridgehead atoms. The molecule has 1 saturated heterocycles. The molecule has 8 nitrogen and oxygen atoms in total. The van der Waals surface area contributed by atoms with E-state index < -0.39 is 22.0 Å². The number of piperidine rings is 1. The lowest BCUT2D eigenvalue weighted by Gasteiger charge is -2.32. The number of sulfonamides is 1. The zero-order chi connectivity index (χ0) is 15.6. The van der Waals surface area contributed by atoms with Crippen molar-refractivity contribution in [2.75, 3.05) is 18.9 Å². The van der Waals surface area contributed by atoms with Gasteiger partial charge in [-0.3, -0.25) is 9.48 Å². The Hall–Kier alpha value is -1.61. The van der Waals surface area contributed by atoms with Crippen LogP contribution in [0.25, 0.3) is 0 Å². The average molecular weight is 316 g/mol. The number of carbonyl (C=O) groups excluding carboxylic acids is 1. The fourth-order valence-electron chi connectivity index (χ4n) is 2.48. The molecule has 2 heterocycles. The molecule has 0 aliphatic carbocycles. The Bertz CT molecular complexity index is 625. The number of esters is 1. The van der Waals surface area contributed by atoms with Gasteiger partial charge in [0.05, 0.1) is 6.61 Å². The Morgan fingerprint density at radius 1 is 1.52 bits per heavy atom. The zero-order valence-corrected chi connectivity index (χ0v) is 13.0. The molecule has 1 fully saturated rings. The third-order valence-electron chi connectivity index (χ3n) is 3.42. The molecule has 9 heteroatoms. The lowest BCUT2D eigenvalue weighted by atomic mass is 10.1. The minimum Gasteiger partial charge on any atom is -0.465 e. The molecule has 21 heavy (non-hydrogen) atoms. The van der Waals surface area contributed by atoms with Crippen molar-refractivity contribution < 1.29 is 17.9 Å². The first-order valence-electron chi connectivity index (χ1n) is 6.85. The van der Waals surface area contributed by atoms with E-state index in [1.165, 1.54) is 15.2 Å². The van der Waals surface area contributed by atoms with E-state index in [2.05, 4.69) is 5.10 Å². The normalized spacial score (nSPS) is 20.4. The molecule has 1 aliphatic rings. The van der Waals surface area contributed by atoms with Gasteiger partial charge in [-0.15, -0.1) is 0 Å². The number of nitrogens with zero attached hydrogens (tertiary/aromatic N) is 3. The lowest BCUT2D eigenvalue weighted by Crippen LogP contribution is -2.48. The van der Waals surface area contributed by atoms with Crippen LogP contribution in [0.3, 0.4) is 0 Å². The highest BCUT2D eigenvalue weighted by molar-refractivity contribution is 7.89. The second-order valence-corrected chi connectivity index (χ2v) is 6.79. The fraction of sp³-hybridized carbons (Fsp3) is 0.667. The molecule has 0 radical (unpaired) electrons. The molecule has 0 aromatic carbocycles. The van der Waals surface area contributed by atoms with Crippen LogP contribution in [0.15, 0.2) is 11.1 Å². The van der Waals surface area contributed by atoms with Crippen molar-refractivity contribution in [1.29, 1.82) is 0 Å². The Balaban J connectivity index is 2.36. The smallest absolute Gasteiger partial charge is 0.324 e. The van der Waals surface area contributed by atoms with Crippen molar-refractivity contribution in [2.45, 2.75) is 37.1 Å². The highest BCUT2D eigenvalue weighted by Gasteiger charge is 2.40. The summed E-state index contributed by atoms with van der Waals surface area (Å²) in [5.74, 6) is -0.575. The van der Waals surface area contributed by atoms with Gasteiger partial charge in [-0.25, -0.2) is 8.42 Å². The van der Waals surface area contributed by atoms with E-state index >= 15 is 0 Å². The minimum atomic E-state index is -3.86. The summed E-state index contributed by atoms with van der Waals surface area (Å²) < 4.78 is 33.0. The van der Waals surface area contributed by atoms with E-state index in [9.17, 15) is 13.2 Å². The fourth-order valence-corrected chi connectivity index (χ4v) is 4.22. The Morgan fingerprint density at radius 2 is 2.24 bits per heavy atom. The Kier molecular flexibility index (Phi) is 4.52. The number of hydrogen-bond acceptors (Lipinski definition) is 6. The van der Waals surface area contributed by atoms with Gasteiger partial charge in [0, 0.05) is 19.8 Å². The molecule has 0 amide bonds. The van der Waals surface area contributed by atoms with Gasteiger partial charge in [-0.05, 0) is 26.2 Å². The molecule has 1 aliphatic heterocycles. The molecule has 1 unspecified atom stereocenters. The molecule has 2 rings (SSSR count). The molecule has 0 spiro atoms. The summed E-state index contributed by atoms with van der Waals surface area (Å²) in [6.45, 7) is 2.19. The van der Waals surface area contributed by atoms with Crippen LogP contribution in [-0.4, -0.2) is 47.7 Å². The van der Waals surface area contributed by atoms with Crippen LogP contribution in [0.1, 0.15) is 26.2 Å². The van der Waals surface area contributed by atoms with Crippen LogP contribution in [0.4, 0.5) is 5.82 Å². The summed E-state index contributed by atoms with van der Waals surface area (Å²) >= 11 is 0. The standard InChI is InChI=1S/C12H20N4O4S/c1-3-20-12(17)9-6-4-5-7-16(9)21(18,19)10-8-15(2)14-11(10)13/h8-9H,3-7H2,1-2H3,(H2,13,14). The number of aromatic nitrogens is 2. The number of ether oxygens (including phenoxy) is 1. The quantitative estimate of drug-likeness (QED) is 0.790. The van der Waals surface area contributed by atoms with Gasteiger partial charge in [-0.2, -0.15) is 9.40 Å². The molecule has 1 atom stereocenters. The summed E-state index contributed by atoms with van der Waals surface area (Å²) in [4.78, 5) is 11.9. The summed E-state index contributed by atoms with van der Waals surface area (Å²) in [5.41, 5.74) is 5.66. The number of aryl methyl sites for hydroxylation is 1. The van der Waals surface area contributed by atoms with Crippen molar-refractivity contribution in [2.24, 2.45) is 7.05 Å². The highest BCUT2D eigenvalue weighted by atomic mass is 32.2. The van der Waals surface area contributed by atoms with E-state index in [0.717, 1.165) is 6.42 Å². The third kappa shape index (κ3) is 3.03. The average Bonchev–Trinajstić information content (AvgIpc) is 2.79. The van der Waals surface area contributed by atoms with Gasteiger partial charge in [0.25, 0.3) is 0 Å². The predicted molar refractivity (Wildman–Crippen MR) is 75.8 cm³/mol. The lowest BCUT2D eigenvalue weighted by molar-refractivity contribution is -0.148. The molecular formula is C12H20N4O4S. The number of anilines is 1. The number of nitrogens with two attached hydrogens (primary N) is 1. The number of nitrogen functional groups attached to an aromatic ring is 1. The number of carbonyl (C=O) groups is 1. The molecule has 1 aromatic heterocycles. The maximum absolute atomic E-state index is 12.7. The zero-order valence-electron chi connectivity index (χ0n) is 12.2. The Labute approximate surface area is 123 Å². The monoisotopic (exact) mass is 316 g/mol. The van der Waals surface area contributed by atoms with Gasteiger partial charge in [0.1, 0.15) is 10.9 Å². The van der Waals surface area contributed by atoms with Crippen molar-refractivity contribution in [3.8, 4) is 0 Å². The van der Waals surface area contributed by atoms with Gasteiger partial charge < -0.3 is 10.5 Å². The van der Waals surface area contributed by atoms with Crippen molar-refractivity contribution >= 4 is 21.8 Å². The molecule has 118 valence electrons. The molecular weight excluding hydrogens is 296 g/mol. The van der Waals surface area contributed by atoms with Crippen LogP contribution >= 0.6 is 0 Å². The maximum atomic E-state index is 12.7. The second kappa shape index (κ2) is 6.02. The third-order valence-corrected chi connectivity index (χ3v) is 5.35. The van der Waals surface area contributed by atoms with E-state index in [0.29, 0.717) is 12.8 Å². The molecule has 2 N–H and O–H groups in total. The Morgan fingerprint density at radius 3 is 2.81 bits per heavy atom. The topological polar surface area (TPSA) is 108 Å². The summed E-state index contributed by atoms with van der Waals surface area (Å²) in [7, 11) is -2.27. The second-order valence-electron chi connectivity index (χ2n) is 4.93. The minimum absolute atomic E-state index is 0.0642. The van der Waals surface area contributed by atoms with E-state index in [1.54, 1.807) is 14.0 Å². The molecule has 1 aromatic rings. The number of rotatable bonds is 4. The summed E-state index contributed by atoms with van der Waals surface area (Å²) in [5, 5.41) is 3.85. The summed E-state index contributed by atoms with van der Waals surface area (Å²) in [6, 6.07) is -0.789. The highest BCUT2D eigenvalue weighted by Crippen LogP contribution is 2.28. The predicted octanol–water partition coefficient (Wildman–Crippen LogP) is 0.109. The summed E-state index contributed by atoms with van der Waals surface area (Å²) in [6.07, 6.45) is 3.30. The van der Waals surface area contributed by atoms with Gasteiger partial charge in [0.2, 0.25) is 10.0 Å². The van der Waals surface area contributed by atoms with Crippen LogP contribution in [-0.2, 0) is 26.6 Å². The van der Waals surface area contributed by atoms with Crippen molar-refractivity contribution in [3.63, 3.8) is 0 Å². The molecule has 0 saturated carbocycles. The first-order chi connectivity index (χ1) is 9.87. The van der Waals surface area contributed by atoms with Crippen LogP contribution < -0.4 is 5.73 Å². The first kappa shape index (κ1) is 15.8. The van der Waals surface area contributed by atoms with Crippen LogP contribution in [0.2, 0.25) is 0 Å². The first-order valence-corrected chi connectivity index (χ1v) is 8.29. The van der Waals surface area contributed by atoms with Crippen LogP contribution in [0.5, 0.6) is 0 Å². The van der Waals surface area contributed by atoms with Gasteiger partial charge in [-0.1, -0.05) is 0 Å². The maximum Gasteiger partial charge on any atom is 0.324 e. The van der Waals surface area contributed by atoms with Crippen LogP contribution in [0, 0.1) is 0 Å². The van der Waals surface area contributed by atoms with Gasteiger partial charge >= 0.3 is 5.97 Å². The van der Waals surface area contributed by atoms with E-state index in [4.69, 9.17) is 10.5 Å². The SMILES string of the molecule is CCOC(=O)C1CCCCN1S(=O)(=O)c1cn(C)nc1N.